The number of amides is 4. The molecule has 0 spiro atoms. The number of sulfonamides is 1. The molecule has 0 atom stereocenters. The van der Waals surface area contributed by atoms with E-state index in [9.17, 15) is 31.6 Å². The fourth-order valence-corrected chi connectivity index (χ4v) is 5.55. The van der Waals surface area contributed by atoms with Gasteiger partial charge in [0.1, 0.15) is 15.8 Å². The van der Waals surface area contributed by atoms with E-state index in [1.807, 2.05) is 0 Å². The van der Waals surface area contributed by atoms with Crippen molar-refractivity contribution in [2.24, 2.45) is 0 Å². The van der Waals surface area contributed by atoms with Crippen molar-refractivity contribution < 1.29 is 31.6 Å². The molecule has 0 aliphatic carbocycles. The molecule has 2 N–H and O–H groups in total. The summed E-state index contributed by atoms with van der Waals surface area (Å²) in [6.45, 7) is 0. The molecule has 0 saturated heterocycles. The van der Waals surface area contributed by atoms with Crippen LogP contribution in [0, 0.1) is 11.6 Å². The van der Waals surface area contributed by atoms with Crippen LogP contribution >= 0.6 is 22.9 Å². The number of benzene rings is 2. The average Bonchev–Trinajstić information content (AvgIpc) is 3.17. The SMILES string of the molecule is O=C(Nc1ccc(N2C(=O)Cc3ccc(F)cc3C2=O)c(F)c1)NS(=O)(=O)c1ccc(Cl)s1. The molecule has 0 fully saturated rings. The second kappa shape index (κ2) is 8.54. The molecule has 3 aromatic rings. The monoisotopic (exact) mass is 511 g/mol. The Morgan fingerprint density at radius 2 is 1.82 bits per heavy atom. The molecule has 1 aliphatic rings. The Balaban J connectivity index is 1.53. The van der Waals surface area contributed by atoms with Gasteiger partial charge in [0.2, 0.25) is 5.91 Å². The molecule has 2 aromatic carbocycles. The van der Waals surface area contributed by atoms with Crippen molar-refractivity contribution in [3.8, 4) is 0 Å². The van der Waals surface area contributed by atoms with E-state index in [0.717, 1.165) is 35.6 Å². The van der Waals surface area contributed by atoms with E-state index in [0.29, 0.717) is 10.5 Å². The van der Waals surface area contributed by atoms with Gasteiger partial charge in [-0.2, -0.15) is 0 Å². The highest BCUT2D eigenvalue weighted by Crippen LogP contribution is 2.30. The van der Waals surface area contributed by atoms with Gasteiger partial charge in [0.25, 0.3) is 15.9 Å². The molecule has 13 heteroatoms. The summed E-state index contributed by atoms with van der Waals surface area (Å²) in [5.41, 5.74) is -0.274. The largest absolute Gasteiger partial charge is 0.333 e. The van der Waals surface area contributed by atoms with E-state index >= 15 is 0 Å². The minimum atomic E-state index is -4.19. The number of rotatable bonds is 4. The predicted molar refractivity (Wildman–Crippen MR) is 117 cm³/mol. The molecule has 33 heavy (non-hydrogen) atoms. The molecule has 170 valence electrons. The molecule has 1 aliphatic heterocycles. The van der Waals surface area contributed by atoms with Crippen LogP contribution in [0.25, 0.3) is 0 Å². The quantitative estimate of drug-likeness (QED) is 0.516. The molecule has 0 unspecified atom stereocenters. The van der Waals surface area contributed by atoms with Crippen LogP contribution in [0.4, 0.5) is 25.0 Å². The maximum atomic E-state index is 14.8. The maximum Gasteiger partial charge on any atom is 0.333 e. The minimum absolute atomic E-state index is 0.0607. The van der Waals surface area contributed by atoms with Gasteiger partial charge in [-0.3, -0.25) is 9.59 Å². The molecule has 2 heterocycles. The van der Waals surface area contributed by atoms with E-state index in [-0.39, 0.29) is 26.2 Å². The summed E-state index contributed by atoms with van der Waals surface area (Å²) in [5, 5.41) is 2.16. The van der Waals surface area contributed by atoms with Gasteiger partial charge in [0.15, 0.2) is 0 Å². The van der Waals surface area contributed by atoms with Crippen molar-refractivity contribution in [3.05, 3.63) is 75.6 Å². The number of nitrogens with zero attached hydrogens (tertiary/aromatic N) is 1. The highest BCUT2D eigenvalue weighted by Gasteiger charge is 2.34. The first-order chi connectivity index (χ1) is 15.5. The summed E-state index contributed by atoms with van der Waals surface area (Å²) in [6.07, 6.45) is -0.228. The zero-order valence-electron chi connectivity index (χ0n) is 16.3. The summed E-state index contributed by atoms with van der Waals surface area (Å²) in [6, 6.07) is 7.86. The first kappa shape index (κ1) is 22.8. The molecule has 0 radical (unpaired) electrons. The number of carbonyl (C=O) groups is 3. The molecule has 0 bridgehead atoms. The Hall–Kier alpha value is -3.35. The number of hydrogen-bond donors (Lipinski definition) is 2. The third kappa shape index (κ3) is 4.58. The summed E-state index contributed by atoms with van der Waals surface area (Å²) < 4.78 is 54.4. The van der Waals surface area contributed by atoms with Crippen LogP contribution in [0.1, 0.15) is 15.9 Å². The van der Waals surface area contributed by atoms with Gasteiger partial charge < -0.3 is 5.32 Å². The first-order valence-electron chi connectivity index (χ1n) is 9.09. The standard InChI is InChI=1S/C20H12ClF2N3O5S2/c21-16-5-6-18(32-16)33(30,31)25-20(29)24-12-3-4-15(14(23)9-12)26-17(27)7-10-1-2-11(22)8-13(10)19(26)28/h1-6,8-9H,7H2,(H2,24,25,29). The summed E-state index contributed by atoms with van der Waals surface area (Å²) in [7, 11) is -4.19. The number of imide groups is 1. The minimum Gasteiger partial charge on any atom is -0.307 e. The van der Waals surface area contributed by atoms with Crippen molar-refractivity contribution in [3.63, 3.8) is 0 Å². The van der Waals surface area contributed by atoms with Crippen molar-refractivity contribution in [1.82, 2.24) is 4.72 Å². The van der Waals surface area contributed by atoms with Crippen LogP contribution in [0.5, 0.6) is 0 Å². The van der Waals surface area contributed by atoms with Crippen LogP contribution in [0.15, 0.2) is 52.7 Å². The van der Waals surface area contributed by atoms with E-state index in [2.05, 4.69) is 5.32 Å². The number of thiophene rings is 1. The Morgan fingerprint density at radius 3 is 2.48 bits per heavy atom. The predicted octanol–water partition coefficient (Wildman–Crippen LogP) is 3.92. The number of carbonyl (C=O) groups excluding carboxylic acids is 3. The lowest BCUT2D eigenvalue weighted by Gasteiger charge is -2.27. The van der Waals surface area contributed by atoms with Crippen LogP contribution in [-0.2, 0) is 21.2 Å². The molecule has 1 aromatic heterocycles. The second-order valence-electron chi connectivity index (χ2n) is 6.80. The Labute approximate surface area is 194 Å². The lowest BCUT2D eigenvalue weighted by Crippen LogP contribution is -2.43. The van der Waals surface area contributed by atoms with Crippen LogP contribution in [0.2, 0.25) is 4.34 Å². The van der Waals surface area contributed by atoms with Crippen molar-refractivity contribution >= 4 is 62.2 Å². The van der Waals surface area contributed by atoms with Gasteiger partial charge in [0.05, 0.1) is 16.4 Å². The fourth-order valence-electron chi connectivity index (χ4n) is 3.16. The summed E-state index contributed by atoms with van der Waals surface area (Å²) in [4.78, 5) is 37.8. The molecule has 4 rings (SSSR count). The van der Waals surface area contributed by atoms with Gasteiger partial charge >= 0.3 is 6.03 Å². The van der Waals surface area contributed by atoms with Gasteiger partial charge in [-0.05, 0) is 48.0 Å². The van der Waals surface area contributed by atoms with Crippen LogP contribution in [0.3, 0.4) is 0 Å². The lowest BCUT2D eigenvalue weighted by molar-refractivity contribution is -0.117. The Morgan fingerprint density at radius 1 is 1.06 bits per heavy atom. The van der Waals surface area contributed by atoms with Crippen molar-refractivity contribution in [2.45, 2.75) is 10.6 Å². The first-order valence-corrected chi connectivity index (χ1v) is 11.8. The van der Waals surface area contributed by atoms with Crippen molar-refractivity contribution in [1.29, 1.82) is 0 Å². The maximum absolute atomic E-state index is 14.8. The normalized spacial score (nSPS) is 13.6. The van der Waals surface area contributed by atoms with E-state index < -0.39 is 45.2 Å². The zero-order chi connectivity index (χ0) is 23.9. The molecular formula is C20H12ClF2N3O5S2. The molecule has 4 amide bonds. The number of nitrogens with one attached hydrogen (secondary N) is 2. The van der Waals surface area contributed by atoms with E-state index in [4.69, 9.17) is 11.6 Å². The summed E-state index contributed by atoms with van der Waals surface area (Å²) >= 11 is 6.44. The number of fused-ring (bicyclic) bond motifs is 1. The van der Waals surface area contributed by atoms with Gasteiger partial charge in [0, 0.05) is 11.3 Å². The molecule has 0 saturated carbocycles. The fraction of sp³-hybridized carbons (Fsp3) is 0.0500. The second-order valence-corrected chi connectivity index (χ2v) is 10.4. The van der Waals surface area contributed by atoms with Gasteiger partial charge in [-0.1, -0.05) is 17.7 Å². The zero-order valence-corrected chi connectivity index (χ0v) is 18.7. The number of hydrogen-bond acceptors (Lipinski definition) is 6. The highest BCUT2D eigenvalue weighted by atomic mass is 35.5. The van der Waals surface area contributed by atoms with E-state index in [1.54, 1.807) is 4.72 Å². The molecular weight excluding hydrogens is 500 g/mol. The average molecular weight is 512 g/mol. The van der Waals surface area contributed by atoms with E-state index in [1.165, 1.54) is 24.3 Å². The molecule has 8 nitrogen and oxygen atoms in total. The lowest BCUT2D eigenvalue weighted by atomic mass is 9.97. The van der Waals surface area contributed by atoms with Crippen molar-refractivity contribution in [2.75, 3.05) is 10.2 Å². The number of halogens is 3. The third-order valence-corrected chi connectivity index (χ3v) is 7.64. The van der Waals surface area contributed by atoms with Gasteiger partial charge in [-0.15, -0.1) is 11.3 Å². The topological polar surface area (TPSA) is 113 Å². The van der Waals surface area contributed by atoms with Gasteiger partial charge in [-0.25, -0.2) is 31.6 Å². The smallest absolute Gasteiger partial charge is 0.307 e. The van der Waals surface area contributed by atoms with Crippen LogP contribution < -0.4 is 14.9 Å². The highest BCUT2D eigenvalue weighted by molar-refractivity contribution is 7.92. The van der Waals surface area contributed by atoms with Crippen LogP contribution in [-0.4, -0.2) is 26.3 Å². The number of urea groups is 1. The third-order valence-electron chi connectivity index (χ3n) is 4.58. The Bertz CT molecular complexity index is 1420. The Kier molecular flexibility index (Phi) is 5.91. The summed E-state index contributed by atoms with van der Waals surface area (Å²) in [5.74, 6) is -3.32. The number of anilines is 2.